The summed E-state index contributed by atoms with van der Waals surface area (Å²) in [6.07, 6.45) is 5.42. The molecular weight excluding hydrogens is 210 g/mol. The van der Waals surface area contributed by atoms with Crippen LogP contribution in [0.25, 0.3) is 0 Å². The van der Waals surface area contributed by atoms with Crippen LogP contribution in [0.4, 0.5) is 0 Å². The van der Waals surface area contributed by atoms with E-state index in [2.05, 4.69) is 33.4 Å². The molecule has 0 heterocycles. The number of allylic oxidation sites excluding steroid dienone is 1. The lowest BCUT2D eigenvalue weighted by Gasteiger charge is -2.29. The highest BCUT2D eigenvalue weighted by atomic mass is 16.1. The van der Waals surface area contributed by atoms with Gasteiger partial charge in [0.05, 0.1) is 6.07 Å². The topological polar surface area (TPSA) is 40.9 Å². The maximum absolute atomic E-state index is 10.0. The third kappa shape index (κ3) is 8.68. The highest BCUT2D eigenvalue weighted by Crippen LogP contribution is 2.35. The van der Waals surface area contributed by atoms with Crippen molar-refractivity contribution in [2.75, 3.05) is 0 Å². The Kier molecular flexibility index (Phi) is 10.8. The molecule has 0 rings (SSSR count). The van der Waals surface area contributed by atoms with Crippen LogP contribution < -0.4 is 0 Å². The number of nitrogens with zero attached hydrogens (tertiary/aromatic N) is 1. The van der Waals surface area contributed by atoms with Gasteiger partial charge in [-0.15, -0.1) is 0 Å². The summed E-state index contributed by atoms with van der Waals surface area (Å²) in [5, 5.41) is 8.47. The summed E-state index contributed by atoms with van der Waals surface area (Å²) >= 11 is 0. The molecule has 0 aromatic heterocycles. The third-order valence-corrected chi connectivity index (χ3v) is 3.62. The van der Waals surface area contributed by atoms with Crippen molar-refractivity contribution in [1.29, 1.82) is 5.26 Å². The molecule has 0 N–H and O–H groups in total. The van der Waals surface area contributed by atoms with E-state index in [-0.39, 0.29) is 5.78 Å². The second-order valence-electron chi connectivity index (χ2n) is 4.56. The van der Waals surface area contributed by atoms with Crippen LogP contribution >= 0.6 is 0 Å². The Hall–Kier alpha value is -1.10. The Morgan fingerprint density at radius 2 is 1.53 bits per heavy atom. The minimum atomic E-state index is 0.0648. The highest BCUT2D eigenvalue weighted by Gasteiger charge is 2.22. The molecule has 0 unspecified atom stereocenters. The number of Topliss-reactive ketones (excluding diaryl/α,β-unsaturated/α-hetero) is 1. The Bertz CT molecular complexity index is 249. The molecule has 0 bridgehead atoms. The van der Waals surface area contributed by atoms with Crippen molar-refractivity contribution in [3.8, 4) is 6.07 Å². The van der Waals surface area contributed by atoms with E-state index in [0.29, 0.717) is 11.0 Å². The molecule has 0 spiro atoms. The first-order chi connectivity index (χ1) is 7.89. The van der Waals surface area contributed by atoms with E-state index in [0.717, 1.165) is 12.8 Å². The van der Waals surface area contributed by atoms with Crippen molar-refractivity contribution in [3.63, 3.8) is 0 Å². The van der Waals surface area contributed by atoms with Crippen LogP contribution in [0.1, 0.15) is 66.7 Å². The minimum Gasteiger partial charge on any atom is -0.295 e. The summed E-state index contributed by atoms with van der Waals surface area (Å²) in [7, 11) is 0. The zero-order chi connectivity index (χ0) is 13.9. The minimum absolute atomic E-state index is 0.0648. The van der Waals surface area contributed by atoms with Crippen LogP contribution in [0.5, 0.6) is 0 Å². The van der Waals surface area contributed by atoms with Crippen molar-refractivity contribution in [2.24, 2.45) is 5.41 Å². The van der Waals surface area contributed by atoms with Gasteiger partial charge in [0.2, 0.25) is 0 Å². The summed E-state index contributed by atoms with van der Waals surface area (Å²) < 4.78 is 0. The van der Waals surface area contributed by atoms with Crippen molar-refractivity contribution in [3.05, 3.63) is 12.2 Å². The molecule has 0 radical (unpaired) electrons. The first-order valence-electron chi connectivity index (χ1n) is 6.42. The summed E-state index contributed by atoms with van der Waals surface area (Å²) in [6, 6.07) is 2.23. The standard InChI is InChI=1S/C10H19N.C5H8O/c1-4-10(5-2,6-3)8-7-9-11;1-4(2)5(3)6/h4-8H2,1-3H3;1H2,2-3H3. The Labute approximate surface area is 107 Å². The first-order valence-corrected chi connectivity index (χ1v) is 6.42. The molecule has 0 aliphatic carbocycles. The lowest BCUT2D eigenvalue weighted by atomic mass is 9.76. The van der Waals surface area contributed by atoms with Gasteiger partial charge in [-0.2, -0.15) is 5.26 Å². The molecule has 0 fully saturated rings. The second kappa shape index (κ2) is 10.1. The number of carbonyl (C=O) groups is 1. The fourth-order valence-electron chi connectivity index (χ4n) is 1.60. The van der Waals surface area contributed by atoms with Gasteiger partial charge < -0.3 is 0 Å². The van der Waals surface area contributed by atoms with Gasteiger partial charge in [0.25, 0.3) is 0 Å². The number of hydrogen-bond acceptors (Lipinski definition) is 2. The molecule has 17 heavy (non-hydrogen) atoms. The number of nitriles is 1. The van der Waals surface area contributed by atoms with Gasteiger partial charge in [-0.3, -0.25) is 4.79 Å². The predicted octanol–water partition coefficient (Wildman–Crippen LogP) is 4.66. The predicted molar refractivity (Wildman–Crippen MR) is 73.6 cm³/mol. The molecule has 0 saturated carbocycles. The van der Waals surface area contributed by atoms with Gasteiger partial charge in [0, 0.05) is 6.42 Å². The van der Waals surface area contributed by atoms with E-state index in [9.17, 15) is 4.79 Å². The van der Waals surface area contributed by atoms with E-state index in [1.165, 1.54) is 26.2 Å². The molecular formula is C15H27NO. The lowest BCUT2D eigenvalue weighted by molar-refractivity contribution is -0.113. The van der Waals surface area contributed by atoms with Crippen LogP contribution in [0.3, 0.4) is 0 Å². The van der Waals surface area contributed by atoms with Crippen LogP contribution in [0, 0.1) is 16.7 Å². The quantitative estimate of drug-likeness (QED) is 0.630. The fraction of sp³-hybridized carbons (Fsp3) is 0.733. The average Bonchev–Trinajstić information content (AvgIpc) is 2.32. The van der Waals surface area contributed by atoms with E-state index in [1.54, 1.807) is 6.92 Å². The summed E-state index contributed by atoms with van der Waals surface area (Å²) in [4.78, 5) is 10.0. The molecule has 0 aliphatic rings. The average molecular weight is 237 g/mol. The molecule has 0 amide bonds. The van der Waals surface area contributed by atoms with Crippen molar-refractivity contribution < 1.29 is 4.79 Å². The maximum Gasteiger partial charge on any atom is 0.154 e. The summed E-state index contributed by atoms with van der Waals surface area (Å²) in [5.41, 5.74) is 1.07. The highest BCUT2D eigenvalue weighted by molar-refractivity contribution is 5.91. The zero-order valence-corrected chi connectivity index (χ0v) is 12.1. The molecule has 0 aromatic carbocycles. The normalized spacial score (nSPS) is 9.88. The Morgan fingerprint density at radius 3 is 1.71 bits per heavy atom. The Balaban J connectivity index is 0. The molecule has 98 valence electrons. The zero-order valence-electron chi connectivity index (χ0n) is 12.1. The second-order valence-corrected chi connectivity index (χ2v) is 4.56. The van der Waals surface area contributed by atoms with Crippen LogP contribution in [-0.4, -0.2) is 5.78 Å². The number of hydrogen-bond donors (Lipinski definition) is 0. The van der Waals surface area contributed by atoms with Gasteiger partial charge in [-0.1, -0.05) is 46.6 Å². The molecule has 0 saturated heterocycles. The number of carbonyl (C=O) groups excluding carboxylic acids is 1. The van der Waals surface area contributed by atoms with Crippen molar-refractivity contribution >= 4 is 5.78 Å². The third-order valence-electron chi connectivity index (χ3n) is 3.62. The number of rotatable bonds is 6. The van der Waals surface area contributed by atoms with Gasteiger partial charge in [-0.25, -0.2) is 0 Å². The summed E-state index contributed by atoms with van der Waals surface area (Å²) in [5.74, 6) is 0.0648. The lowest BCUT2D eigenvalue weighted by Crippen LogP contribution is -2.16. The van der Waals surface area contributed by atoms with E-state index < -0.39 is 0 Å². The molecule has 0 aromatic rings. The molecule has 2 heteroatoms. The first kappa shape index (κ1) is 18.3. The van der Waals surface area contributed by atoms with E-state index in [4.69, 9.17) is 5.26 Å². The largest absolute Gasteiger partial charge is 0.295 e. The monoisotopic (exact) mass is 237 g/mol. The van der Waals surface area contributed by atoms with Gasteiger partial charge in [0.1, 0.15) is 0 Å². The van der Waals surface area contributed by atoms with Gasteiger partial charge >= 0.3 is 0 Å². The van der Waals surface area contributed by atoms with E-state index in [1.807, 2.05) is 0 Å². The fourth-order valence-corrected chi connectivity index (χ4v) is 1.60. The van der Waals surface area contributed by atoms with Crippen LogP contribution in [0.15, 0.2) is 12.2 Å². The molecule has 0 aliphatic heterocycles. The van der Waals surface area contributed by atoms with Crippen molar-refractivity contribution in [2.45, 2.75) is 66.7 Å². The summed E-state index contributed by atoms with van der Waals surface area (Å²) in [6.45, 7) is 13.3. The number of ketones is 1. The SMILES string of the molecule is C=C(C)C(C)=O.CCC(CC)(CC)CCC#N. The maximum atomic E-state index is 10.0. The van der Waals surface area contributed by atoms with Crippen molar-refractivity contribution in [1.82, 2.24) is 0 Å². The van der Waals surface area contributed by atoms with Gasteiger partial charge in [-0.05, 0) is 31.3 Å². The van der Waals surface area contributed by atoms with Crippen LogP contribution in [-0.2, 0) is 4.79 Å². The smallest absolute Gasteiger partial charge is 0.154 e. The van der Waals surface area contributed by atoms with Gasteiger partial charge in [0.15, 0.2) is 5.78 Å². The Morgan fingerprint density at radius 1 is 1.18 bits per heavy atom. The molecule has 0 atom stereocenters. The van der Waals surface area contributed by atoms with Crippen LogP contribution in [0.2, 0.25) is 0 Å². The van der Waals surface area contributed by atoms with E-state index >= 15 is 0 Å². The molecule has 2 nitrogen and oxygen atoms in total.